The smallest absolute Gasteiger partial charge is 0.389 e. The van der Waals surface area contributed by atoms with Crippen molar-refractivity contribution in [2.45, 2.75) is 63.8 Å². The van der Waals surface area contributed by atoms with Gasteiger partial charge in [-0.2, -0.15) is 13.2 Å². The van der Waals surface area contributed by atoms with Crippen LogP contribution in [0.15, 0.2) is 0 Å². The molecule has 0 N–H and O–H groups in total. The molecule has 0 bridgehead atoms. The molecular weight excluding hydrogens is 289 g/mol. The normalized spacial score (nSPS) is 13.6. The van der Waals surface area contributed by atoms with Gasteiger partial charge in [-0.15, -0.1) is 11.8 Å². The van der Waals surface area contributed by atoms with Gasteiger partial charge in [0.2, 0.25) is 0 Å². The van der Waals surface area contributed by atoms with Gasteiger partial charge in [-0.05, 0) is 30.9 Å². The van der Waals surface area contributed by atoms with Gasteiger partial charge in [0.25, 0.3) is 0 Å². The van der Waals surface area contributed by atoms with Gasteiger partial charge < -0.3 is 4.74 Å². The van der Waals surface area contributed by atoms with Gasteiger partial charge >= 0.3 is 12.1 Å². The van der Waals surface area contributed by atoms with Gasteiger partial charge in [0.15, 0.2) is 0 Å². The molecule has 0 aliphatic rings. The molecule has 20 heavy (non-hydrogen) atoms. The molecule has 0 saturated heterocycles. The molecule has 0 aliphatic heterocycles. The molecule has 2 nitrogen and oxygen atoms in total. The molecular formula is C14H25F3O2S. The van der Waals surface area contributed by atoms with Crippen LogP contribution in [0.5, 0.6) is 0 Å². The third-order valence-electron chi connectivity index (χ3n) is 2.82. The maximum Gasteiger partial charge on any atom is 0.389 e. The van der Waals surface area contributed by atoms with Crippen LogP contribution in [0.2, 0.25) is 0 Å². The third kappa shape index (κ3) is 11.4. The Kier molecular flexibility index (Phi) is 10.2. The van der Waals surface area contributed by atoms with Gasteiger partial charge in [-0.1, -0.05) is 26.7 Å². The fourth-order valence-corrected chi connectivity index (χ4v) is 3.21. The van der Waals surface area contributed by atoms with Crippen molar-refractivity contribution in [3.05, 3.63) is 0 Å². The van der Waals surface area contributed by atoms with Crippen molar-refractivity contribution in [1.82, 2.24) is 0 Å². The lowest BCUT2D eigenvalue weighted by Crippen LogP contribution is -2.21. The molecule has 0 spiro atoms. The lowest BCUT2D eigenvalue weighted by atomic mass is 10.1. The van der Waals surface area contributed by atoms with E-state index >= 15 is 0 Å². The minimum Gasteiger partial charge on any atom is -0.468 e. The highest BCUT2D eigenvalue weighted by Crippen LogP contribution is 2.24. The van der Waals surface area contributed by atoms with Crippen LogP contribution < -0.4 is 0 Å². The first-order valence-corrected chi connectivity index (χ1v) is 8.07. The van der Waals surface area contributed by atoms with E-state index in [1.54, 1.807) is 11.8 Å². The summed E-state index contributed by atoms with van der Waals surface area (Å²) >= 11 is 1.55. The number of carbonyl (C=O) groups is 1. The lowest BCUT2D eigenvalue weighted by Gasteiger charge is -2.16. The zero-order valence-electron chi connectivity index (χ0n) is 12.5. The van der Waals surface area contributed by atoms with Gasteiger partial charge in [-0.25, -0.2) is 0 Å². The number of esters is 1. The van der Waals surface area contributed by atoms with E-state index in [4.69, 9.17) is 4.74 Å². The van der Waals surface area contributed by atoms with Gasteiger partial charge in [-0.3, -0.25) is 4.79 Å². The molecule has 1 atom stereocenters. The highest BCUT2D eigenvalue weighted by Gasteiger charge is 2.25. The second-order valence-electron chi connectivity index (χ2n) is 5.29. The summed E-state index contributed by atoms with van der Waals surface area (Å²) in [5.41, 5.74) is 0. The van der Waals surface area contributed by atoms with E-state index in [0.717, 1.165) is 25.0 Å². The summed E-state index contributed by atoms with van der Waals surface area (Å²) in [6, 6.07) is 0. The van der Waals surface area contributed by atoms with Gasteiger partial charge in [0, 0.05) is 6.42 Å². The molecule has 0 aromatic rings. The first kappa shape index (κ1) is 19.6. The Bertz CT molecular complexity index is 268. The zero-order valence-corrected chi connectivity index (χ0v) is 13.3. The van der Waals surface area contributed by atoms with Crippen molar-refractivity contribution in [2.24, 2.45) is 5.92 Å². The summed E-state index contributed by atoms with van der Waals surface area (Å²) in [5.74, 6) is 0.998. The lowest BCUT2D eigenvalue weighted by molar-refractivity contribution is -0.140. The minimum absolute atomic E-state index is 0.157. The summed E-state index contributed by atoms with van der Waals surface area (Å²) in [6.07, 6.45) is -1.56. The number of ether oxygens (including phenoxy) is 1. The molecule has 0 fully saturated rings. The van der Waals surface area contributed by atoms with E-state index in [0.29, 0.717) is 12.3 Å². The average Bonchev–Trinajstić information content (AvgIpc) is 2.33. The Labute approximate surface area is 123 Å². The number of rotatable bonds is 10. The second kappa shape index (κ2) is 10.4. The van der Waals surface area contributed by atoms with E-state index in [2.05, 4.69) is 0 Å². The molecule has 0 radical (unpaired) electrons. The van der Waals surface area contributed by atoms with Crippen molar-refractivity contribution in [1.29, 1.82) is 0 Å². The highest BCUT2D eigenvalue weighted by atomic mass is 32.2. The Morgan fingerprint density at radius 3 is 2.25 bits per heavy atom. The van der Waals surface area contributed by atoms with Crippen LogP contribution in [0.25, 0.3) is 0 Å². The molecule has 120 valence electrons. The molecule has 0 aromatic carbocycles. The Morgan fingerprint density at radius 1 is 1.15 bits per heavy atom. The molecule has 1 unspecified atom stereocenters. The number of unbranched alkanes of at least 4 members (excludes halogenated alkanes) is 3. The maximum atomic E-state index is 11.9. The molecule has 0 amide bonds. The van der Waals surface area contributed by atoms with Crippen LogP contribution in [0.3, 0.4) is 0 Å². The summed E-state index contributed by atoms with van der Waals surface area (Å²) in [6.45, 7) is 4.10. The second-order valence-corrected chi connectivity index (χ2v) is 6.60. The standard InChI is InChI=1S/C14H25F3O2S/c1-11(2)10-12(13(18)19-3)20-9-7-5-4-6-8-14(15,16)17/h11-12H,4-10H2,1-3H3. The Hall–Kier alpha value is -0.390. The van der Waals surface area contributed by atoms with E-state index in [-0.39, 0.29) is 17.6 Å². The van der Waals surface area contributed by atoms with Gasteiger partial charge in [0.05, 0.1) is 7.11 Å². The fraction of sp³-hybridized carbons (Fsp3) is 0.929. The number of hydrogen-bond acceptors (Lipinski definition) is 3. The number of alkyl halides is 3. The zero-order chi connectivity index (χ0) is 15.6. The molecule has 0 saturated carbocycles. The van der Waals surface area contributed by atoms with Crippen LogP contribution in [0.4, 0.5) is 13.2 Å². The van der Waals surface area contributed by atoms with Crippen LogP contribution in [-0.4, -0.2) is 30.3 Å². The Balaban J connectivity index is 3.71. The van der Waals surface area contributed by atoms with Crippen molar-refractivity contribution in [3.8, 4) is 0 Å². The average molecular weight is 314 g/mol. The van der Waals surface area contributed by atoms with E-state index in [1.807, 2.05) is 13.8 Å². The molecule has 0 aromatic heterocycles. The number of halogens is 3. The van der Waals surface area contributed by atoms with E-state index in [1.165, 1.54) is 7.11 Å². The molecule has 0 heterocycles. The van der Waals surface area contributed by atoms with Crippen LogP contribution in [0.1, 0.15) is 52.4 Å². The predicted molar refractivity (Wildman–Crippen MR) is 76.9 cm³/mol. The summed E-state index contributed by atoms with van der Waals surface area (Å²) in [4.78, 5) is 11.6. The number of methoxy groups -OCH3 is 1. The quantitative estimate of drug-likeness (QED) is 0.427. The highest BCUT2D eigenvalue weighted by molar-refractivity contribution is 8.00. The van der Waals surface area contributed by atoms with Crippen molar-refractivity contribution >= 4 is 17.7 Å². The molecule has 0 rings (SSSR count). The van der Waals surface area contributed by atoms with Crippen LogP contribution in [-0.2, 0) is 9.53 Å². The van der Waals surface area contributed by atoms with E-state index in [9.17, 15) is 18.0 Å². The predicted octanol–water partition coefficient (Wildman–Crippen LogP) is 4.82. The summed E-state index contributed by atoms with van der Waals surface area (Å²) in [5, 5.41) is -0.157. The van der Waals surface area contributed by atoms with Crippen molar-refractivity contribution in [2.75, 3.05) is 12.9 Å². The minimum atomic E-state index is -4.04. The number of thioether (sulfide) groups is 1. The van der Waals surface area contributed by atoms with Gasteiger partial charge in [0.1, 0.15) is 5.25 Å². The third-order valence-corrected chi connectivity index (χ3v) is 4.13. The fourth-order valence-electron chi connectivity index (χ4n) is 1.80. The van der Waals surface area contributed by atoms with Crippen LogP contribution in [0, 0.1) is 5.92 Å². The first-order chi connectivity index (χ1) is 9.26. The number of hydrogen-bond donors (Lipinski definition) is 0. The SMILES string of the molecule is COC(=O)C(CC(C)C)SCCCCCCC(F)(F)F. The largest absolute Gasteiger partial charge is 0.468 e. The Morgan fingerprint density at radius 2 is 1.75 bits per heavy atom. The number of carbonyl (C=O) groups excluding carboxylic acids is 1. The van der Waals surface area contributed by atoms with Crippen molar-refractivity contribution in [3.63, 3.8) is 0 Å². The van der Waals surface area contributed by atoms with E-state index < -0.39 is 12.6 Å². The monoisotopic (exact) mass is 314 g/mol. The maximum absolute atomic E-state index is 11.9. The van der Waals surface area contributed by atoms with Crippen LogP contribution >= 0.6 is 11.8 Å². The summed E-state index contributed by atoms with van der Waals surface area (Å²) in [7, 11) is 1.38. The molecule has 0 aliphatic carbocycles. The molecule has 6 heteroatoms. The topological polar surface area (TPSA) is 26.3 Å². The summed E-state index contributed by atoms with van der Waals surface area (Å²) < 4.78 is 40.6. The first-order valence-electron chi connectivity index (χ1n) is 7.02. The van der Waals surface area contributed by atoms with Crippen molar-refractivity contribution < 1.29 is 22.7 Å².